The topological polar surface area (TPSA) is 76.2 Å². The molecule has 0 saturated heterocycles. The Morgan fingerprint density at radius 1 is 1.02 bits per heavy atom. The Balaban J connectivity index is 0.00000441. The molecule has 0 fully saturated rings. The predicted octanol–water partition coefficient (Wildman–Crippen LogP) is 4.46. The summed E-state index contributed by atoms with van der Waals surface area (Å²) in [5.74, 6) is 0.567. The fraction of sp³-hybridized carbons (Fsp3) is 0.516. The predicted molar refractivity (Wildman–Crippen MR) is 163 cm³/mol. The largest absolute Gasteiger partial charge is 0.355 e. The number of nitrogens with one attached hydrogen (secondary N) is 1. The normalized spacial score (nSPS) is 14.4. The lowest BCUT2D eigenvalue weighted by atomic mass is 9.97. The van der Waals surface area contributed by atoms with Crippen LogP contribution in [0.2, 0.25) is 0 Å². The molecule has 3 amide bonds. The number of likely N-dealkylation sites (N-methyl/N-ethyl adjacent to an activating group) is 1. The van der Waals surface area contributed by atoms with Crippen LogP contribution in [0.15, 0.2) is 36.4 Å². The van der Waals surface area contributed by atoms with Gasteiger partial charge in [-0.1, -0.05) is 38.1 Å². The summed E-state index contributed by atoms with van der Waals surface area (Å²) in [5.41, 5.74) is 6.29. The molecule has 0 radical (unpaired) electrons. The minimum atomic E-state index is -0.0923. The molecule has 0 unspecified atom stereocenters. The van der Waals surface area contributed by atoms with Crippen molar-refractivity contribution < 1.29 is 14.4 Å². The first-order chi connectivity index (χ1) is 18.7. The van der Waals surface area contributed by atoms with E-state index in [0.717, 1.165) is 35.3 Å². The Hall–Kier alpha value is -3.10. The van der Waals surface area contributed by atoms with Gasteiger partial charge in [0.1, 0.15) is 0 Å². The molecule has 0 aromatic heterocycles. The standard InChI is InChI=1S/C31H43N5O3.ClH/c1-6-36-28-16-23(4)27(17-24(28)13-14-30(36)38)34(20-29(37)32-15-9-10-22(2)3)21-31(39)33(5)35-18-25-11-7-8-12-26(25)19-35;/h7-8,11-12,16-17,22H,6,9-10,13-15,18-21H2,1-5H3,(H,32,37);1H. The number of hydrogen-bond acceptors (Lipinski definition) is 5. The molecule has 0 saturated carbocycles. The Labute approximate surface area is 245 Å². The number of carbonyl (C=O) groups is 3. The zero-order valence-corrected chi connectivity index (χ0v) is 25.4. The Kier molecular flexibility index (Phi) is 11.0. The Morgan fingerprint density at radius 2 is 1.70 bits per heavy atom. The lowest BCUT2D eigenvalue weighted by Gasteiger charge is -2.34. The van der Waals surface area contributed by atoms with Crippen LogP contribution in [0.25, 0.3) is 0 Å². The number of hydrazine groups is 1. The second-order valence-electron chi connectivity index (χ2n) is 11.2. The zero-order valence-electron chi connectivity index (χ0n) is 24.5. The third kappa shape index (κ3) is 7.34. The van der Waals surface area contributed by atoms with Crippen LogP contribution < -0.4 is 15.1 Å². The van der Waals surface area contributed by atoms with Crippen molar-refractivity contribution in [1.82, 2.24) is 15.3 Å². The quantitative estimate of drug-likeness (QED) is 0.404. The highest BCUT2D eigenvalue weighted by atomic mass is 35.5. The van der Waals surface area contributed by atoms with E-state index >= 15 is 0 Å². The van der Waals surface area contributed by atoms with Gasteiger partial charge >= 0.3 is 0 Å². The molecule has 1 N–H and O–H groups in total. The maximum atomic E-state index is 13.6. The van der Waals surface area contributed by atoms with Gasteiger partial charge < -0.3 is 15.1 Å². The Morgan fingerprint density at radius 3 is 2.33 bits per heavy atom. The number of anilines is 2. The van der Waals surface area contributed by atoms with E-state index in [0.29, 0.717) is 44.9 Å². The van der Waals surface area contributed by atoms with E-state index in [4.69, 9.17) is 0 Å². The van der Waals surface area contributed by atoms with Gasteiger partial charge in [-0.3, -0.25) is 19.4 Å². The van der Waals surface area contributed by atoms with Crippen molar-refractivity contribution in [3.8, 4) is 0 Å². The molecule has 4 rings (SSSR count). The molecular weight excluding hydrogens is 526 g/mol. The van der Waals surface area contributed by atoms with Crippen LogP contribution >= 0.6 is 12.4 Å². The number of carbonyl (C=O) groups excluding carboxylic acids is 3. The SMILES string of the molecule is CCN1C(=O)CCc2cc(N(CC(=O)NCCCC(C)C)CC(=O)N(C)N3Cc4ccccc4C3)c(C)cc21.Cl. The van der Waals surface area contributed by atoms with E-state index in [1.165, 1.54) is 11.1 Å². The zero-order chi connectivity index (χ0) is 28.1. The average molecular weight is 570 g/mol. The van der Waals surface area contributed by atoms with Crippen molar-refractivity contribution >= 4 is 41.5 Å². The summed E-state index contributed by atoms with van der Waals surface area (Å²) in [7, 11) is 1.81. The maximum absolute atomic E-state index is 13.6. The number of benzene rings is 2. The molecule has 2 aliphatic heterocycles. The molecule has 0 spiro atoms. The van der Waals surface area contributed by atoms with Gasteiger partial charge in [0.25, 0.3) is 5.91 Å². The average Bonchev–Trinajstić information content (AvgIpc) is 3.34. The number of fused-ring (bicyclic) bond motifs is 2. The van der Waals surface area contributed by atoms with Gasteiger partial charge in [-0.25, -0.2) is 5.01 Å². The van der Waals surface area contributed by atoms with E-state index in [1.807, 2.05) is 53.9 Å². The summed E-state index contributed by atoms with van der Waals surface area (Å²) in [4.78, 5) is 42.8. The van der Waals surface area contributed by atoms with Gasteiger partial charge in [-0.15, -0.1) is 12.4 Å². The van der Waals surface area contributed by atoms with Crippen LogP contribution in [0.1, 0.15) is 62.3 Å². The highest BCUT2D eigenvalue weighted by molar-refractivity contribution is 5.97. The molecule has 0 atom stereocenters. The van der Waals surface area contributed by atoms with Crippen LogP contribution in [-0.4, -0.2) is 61.0 Å². The highest BCUT2D eigenvalue weighted by Crippen LogP contribution is 2.34. The minimum absolute atomic E-state index is 0. The summed E-state index contributed by atoms with van der Waals surface area (Å²) < 4.78 is 0. The summed E-state index contributed by atoms with van der Waals surface area (Å²) in [6.45, 7) is 11.1. The molecule has 218 valence electrons. The molecule has 2 aliphatic rings. The van der Waals surface area contributed by atoms with Gasteiger partial charge in [0.15, 0.2) is 0 Å². The first kappa shape index (κ1) is 31.4. The third-order valence-electron chi connectivity index (χ3n) is 7.80. The summed E-state index contributed by atoms with van der Waals surface area (Å²) in [6, 6.07) is 12.4. The molecule has 40 heavy (non-hydrogen) atoms. The van der Waals surface area contributed by atoms with E-state index in [-0.39, 0.29) is 43.2 Å². The van der Waals surface area contributed by atoms with Crippen molar-refractivity contribution in [2.75, 3.05) is 43.0 Å². The minimum Gasteiger partial charge on any atom is -0.355 e. The fourth-order valence-electron chi connectivity index (χ4n) is 5.52. The monoisotopic (exact) mass is 569 g/mol. The lowest BCUT2D eigenvalue weighted by molar-refractivity contribution is -0.145. The van der Waals surface area contributed by atoms with Crippen molar-refractivity contribution in [3.63, 3.8) is 0 Å². The van der Waals surface area contributed by atoms with Crippen molar-refractivity contribution in [1.29, 1.82) is 0 Å². The lowest BCUT2D eigenvalue weighted by Crippen LogP contribution is -2.48. The number of aryl methyl sites for hydroxylation is 2. The van der Waals surface area contributed by atoms with E-state index in [1.54, 1.807) is 5.01 Å². The van der Waals surface area contributed by atoms with Crippen LogP contribution in [0, 0.1) is 12.8 Å². The molecule has 0 aliphatic carbocycles. The van der Waals surface area contributed by atoms with Gasteiger partial charge in [0.2, 0.25) is 11.8 Å². The second kappa shape index (κ2) is 14.0. The highest BCUT2D eigenvalue weighted by Gasteiger charge is 2.29. The summed E-state index contributed by atoms with van der Waals surface area (Å²) in [6.07, 6.45) is 3.12. The maximum Gasteiger partial charge on any atom is 0.256 e. The number of halogens is 1. The third-order valence-corrected chi connectivity index (χ3v) is 7.80. The number of hydrogen-bond donors (Lipinski definition) is 1. The van der Waals surface area contributed by atoms with Crippen molar-refractivity contribution in [3.05, 3.63) is 58.7 Å². The van der Waals surface area contributed by atoms with E-state index in [9.17, 15) is 14.4 Å². The smallest absolute Gasteiger partial charge is 0.256 e. The van der Waals surface area contributed by atoms with E-state index < -0.39 is 0 Å². The fourth-order valence-corrected chi connectivity index (χ4v) is 5.52. The van der Waals surface area contributed by atoms with E-state index in [2.05, 4.69) is 37.4 Å². The summed E-state index contributed by atoms with van der Waals surface area (Å²) in [5, 5.41) is 6.78. The Bertz CT molecular complexity index is 1190. The van der Waals surface area contributed by atoms with Gasteiger partial charge in [0, 0.05) is 51.0 Å². The number of rotatable bonds is 11. The molecule has 0 bridgehead atoms. The first-order valence-corrected chi connectivity index (χ1v) is 14.2. The van der Waals surface area contributed by atoms with Crippen LogP contribution in [0.3, 0.4) is 0 Å². The van der Waals surface area contributed by atoms with Gasteiger partial charge in [-0.2, -0.15) is 0 Å². The van der Waals surface area contributed by atoms with Gasteiger partial charge in [0.05, 0.1) is 13.1 Å². The molecular formula is C31H44ClN5O3. The molecule has 8 nitrogen and oxygen atoms in total. The summed E-state index contributed by atoms with van der Waals surface area (Å²) >= 11 is 0. The molecule has 2 aromatic carbocycles. The van der Waals surface area contributed by atoms with Crippen molar-refractivity contribution in [2.45, 2.75) is 66.5 Å². The molecule has 2 heterocycles. The van der Waals surface area contributed by atoms with Crippen LogP contribution in [0.5, 0.6) is 0 Å². The number of nitrogens with zero attached hydrogens (tertiary/aromatic N) is 4. The molecule has 9 heteroatoms. The van der Waals surface area contributed by atoms with Crippen LogP contribution in [-0.2, 0) is 33.9 Å². The van der Waals surface area contributed by atoms with Gasteiger partial charge in [-0.05, 0) is 73.4 Å². The molecule has 2 aromatic rings. The number of amides is 3. The first-order valence-electron chi connectivity index (χ1n) is 14.2. The van der Waals surface area contributed by atoms with Crippen molar-refractivity contribution in [2.24, 2.45) is 5.92 Å². The second-order valence-corrected chi connectivity index (χ2v) is 11.2. The van der Waals surface area contributed by atoms with Crippen LogP contribution in [0.4, 0.5) is 11.4 Å².